The third-order valence-corrected chi connectivity index (χ3v) is 3.32. The van der Waals surface area contributed by atoms with Crippen LogP contribution in [0.15, 0.2) is 42.5 Å². The van der Waals surface area contributed by atoms with Crippen LogP contribution in [0.5, 0.6) is 0 Å². The van der Waals surface area contributed by atoms with Gasteiger partial charge in [0.15, 0.2) is 0 Å². The lowest BCUT2D eigenvalue weighted by atomic mass is 10.0. The molecule has 0 aliphatic heterocycles. The van der Waals surface area contributed by atoms with Crippen molar-refractivity contribution in [1.82, 2.24) is 10.2 Å². The van der Waals surface area contributed by atoms with Gasteiger partial charge >= 0.3 is 12.0 Å². The van der Waals surface area contributed by atoms with Crippen molar-refractivity contribution in [3.05, 3.63) is 48.0 Å². The van der Waals surface area contributed by atoms with Crippen molar-refractivity contribution in [3.8, 4) is 0 Å². The van der Waals surface area contributed by atoms with E-state index < -0.39 is 5.97 Å². The van der Waals surface area contributed by atoms with E-state index in [0.717, 1.165) is 16.3 Å². The molecule has 0 aromatic heterocycles. The fraction of sp³-hybridized carbons (Fsp3) is 0.250. The van der Waals surface area contributed by atoms with Crippen LogP contribution in [0.2, 0.25) is 0 Å². The Labute approximate surface area is 123 Å². The van der Waals surface area contributed by atoms with Crippen molar-refractivity contribution >= 4 is 22.8 Å². The van der Waals surface area contributed by atoms with Gasteiger partial charge in [0, 0.05) is 20.1 Å². The van der Waals surface area contributed by atoms with Crippen LogP contribution in [-0.2, 0) is 11.3 Å². The van der Waals surface area contributed by atoms with Gasteiger partial charge in [-0.3, -0.25) is 4.79 Å². The van der Waals surface area contributed by atoms with E-state index in [9.17, 15) is 9.59 Å². The minimum Gasteiger partial charge on any atom is -0.481 e. The summed E-state index contributed by atoms with van der Waals surface area (Å²) < 4.78 is 0. The molecule has 2 amide bonds. The number of hydrogen-bond acceptors (Lipinski definition) is 2. The van der Waals surface area contributed by atoms with E-state index in [2.05, 4.69) is 5.32 Å². The topological polar surface area (TPSA) is 69.6 Å². The fourth-order valence-electron chi connectivity index (χ4n) is 2.12. The molecule has 110 valence electrons. The number of rotatable bonds is 5. The normalized spacial score (nSPS) is 10.3. The third kappa shape index (κ3) is 3.95. The Bertz CT molecular complexity index is 650. The SMILES string of the molecule is CN(CCC(=O)O)C(=O)NCc1cccc2ccccc12. The van der Waals surface area contributed by atoms with Gasteiger partial charge in [-0.2, -0.15) is 0 Å². The van der Waals surface area contributed by atoms with E-state index in [0.29, 0.717) is 6.54 Å². The Morgan fingerprint density at radius 1 is 1.14 bits per heavy atom. The summed E-state index contributed by atoms with van der Waals surface area (Å²) in [5.41, 5.74) is 1.04. The van der Waals surface area contributed by atoms with Gasteiger partial charge in [-0.15, -0.1) is 0 Å². The summed E-state index contributed by atoms with van der Waals surface area (Å²) in [7, 11) is 1.58. The number of carboxylic acids is 1. The highest BCUT2D eigenvalue weighted by Gasteiger charge is 2.10. The van der Waals surface area contributed by atoms with Crippen LogP contribution in [0, 0.1) is 0 Å². The maximum Gasteiger partial charge on any atom is 0.317 e. The van der Waals surface area contributed by atoms with E-state index in [1.807, 2.05) is 42.5 Å². The molecule has 0 unspecified atom stereocenters. The zero-order valence-corrected chi connectivity index (χ0v) is 11.9. The highest BCUT2D eigenvalue weighted by atomic mass is 16.4. The monoisotopic (exact) mass is 286 g/mol. The van der Waals surface area contributed by atoms with Crippen LogP contribution < -0.4 is 5.32 Å². The second-order valence-corrected chi connectivity index (χ2v) is 4.86. The number of nitrogens with one attached hydrogen (secondary N) is 1. The van der Waals surface area contributed by atoms with E-state index in [1.165, 1.54) is 4.90 Å². The van der Waals surface area contributed by atoms with Crippen molar-refractivity contribution in [2.45, 2.75) is 13.0 Å². The summed E-state index contributed by atoms with van der Waals surface area (Å²) in [6.07, 6.45) is -0.0574. The molecule has 0 spiro atoms. The molecular weight excluding hydrogens is 268 g/mol. The molecule has 0 saturated heterocycles. The molecule has 0 bridgehead atoms. The van der Waals surface area contributed by atoms with E-state index in [4.69, 9.17) is 5.11 Å². The first-order chi connectivity index (χ1) is 10.1. The molecule has 0 aliphatic rings. The summed E-state index contributed by atoms with van der Waals surface area (Å²) >= 11 is 0. The first-order valence-electron chi connectivity index (χ1n) is 6.75. The average molecular weight is 286 g/mol. The molecule has 21 heavy (non-hydrogen) atoms. The van der Waals surface area contributed by atoms with Crippen LogP contribution in [0.1, 0.15) is 12.0 Å². The number of carboxylic acid groups (broad SMARTS) is 1. The Morgan fingerprint density at radius 3 is 2.62 bits per heavy atom. The Kier molecular flexibility index (Phi) is 4.77. The highest BCUT2D eigenvalue weighted by molar-refractivity contribution is 5.86. The van der Waals surface area contributed by atoms with E-state index in [1.54, 1.807) is 7.05 Å². The van der Waals surface area contributed by atoms with Crippen molar-refractivity contribution in [2.24, 2.45) is 0 Å². The quantitative estimate of drug-likeness (QED) is 0.887. The Balaban J connectivity index is 1.98. The largest absolute Gasteiger partial charge is 0.481 e. The zero-order chi connectivity index (χ0) is 15.2. The number of aliphatic carboxylic acids is 1. The maximum atomic E-state index is 11.9. The van der Waals surface area contributed by atoms with E-state index in [-0.39, 0.29) is 19.0 Å². The van der Waals surface area contributed by atoms with E-state index >= 15 is 0 Å². The van der Waals surface area contributed by atoms with Gasteiger partial charge in [-0.1, -0.05) is 42.5 Å². The average Bonchev–Trinajstić information content (AvgIpc) is 2.50. The lowest BCUT2D eigenvalue weighted by molar-refractivity contribution is -0.137. The van der Waals surface area contributed by atoms with Gasteiger partial charge in [-0.05, 0) is 16.3 Å². The molecule has 0 aliphatic carbocycles. The van der Waals surface area contributed by atoms with Gasteiger partial charge < -0.3 is 15.3 Å². The van der Waals surface area contributed by atoms with Crippen LogP contribution in [0.3, 0.4) is 0 Å². The Hall–Kier alpha value is -2.56. The molecule has 0 heterocycles. The van der Waals surface area contributed by atoms with Gasteiger partial charge in [0.05, 0.1) is 6.42 Å². The number of hydrogen-bond donors (Lipinski definition) is 2. The predicted molar refractivity (Wildman–Crippen MR) is 81.1 cm³/mol. The molecule has 0 fully saturated rings. The number of carbonyl (C=O) groups excluding carboxylic acids is 1. The number of urea groups is 1. The van der Waals surface area contributed by atoms with Gasteiger partial charge in [-0.25, -0.2) is 4.79 Å². The fourth-order valence-corrected chi connectivity index (χ4v) is 2.12. The molecule has 5 nitrogen and oxygen atoms in total. The van der Waals surface area contributed by atoms with Crippen molar-refractivity contribution in [2.75, 3.05) is 13.6 Å². The number of benzene rings is 2. The molecule has 0 atom stereocenters. The Morgan fingerprint density at radius 2 is 1.86 bits per heavy atom. The molecular formula is C16H18N2O3. The number of amides is 2. The summed E-state index contributed by atoms with van der Waals surface area (Å²) in [4.78, 5) is 23.8. The second-order valence-electron chi connectivity index (χ2n) is 4.86. The summed E-state index contributed by atoms with van der Waals surface area (Å²) in [5, 5.41) is 13.7. The zero-order valence-electron chi connectivity index (χ0n) is 11.9. The molecule has 0 saturated carbocycles. The minimum atomic E-state index is -0.913. The molecule has 5 heteroatoms. The van der Waals surface area contributed by atoms with Gasteiger partial charge in [0.1, 0.15) is 0 Å². The molecule has 2 aromatic carbocycles. The standard InChI is InChI=1S/C16H18N2O3/c1-18(10-9-15(19)20)16(21)17-11-13-7-4-6-12-5-2-3-8-14(12)13/h2-8H,9-11H2,1H3,(H,17,21)(H,19,20). The summed E-state index contributed by atoms with van der Waals surface area (Å²) in [5.74, 6) is -0.913. The highest BCUT2D eigenvalue weighted by Crippen LogP contribution is 2.18. The van der Waals surface area contributed by atoms with Crippen molar-refractivity contribution < 1.29 is 14.7 Å². The smallest absolute Gasteiger partial charge is 0.317 e. The first kappa shape index (κ1) is 14.8. The minimum absolute atomic E-state index is 0.0574. The van der Waals surface area contributed by atoms with Crippen LogP contribution >= 0.6 is 0 Å². The maximum absolute atomic E-state index is 11.9. The second kappa shape index (κ2) is 6.74. The van der Waals surface area contributed by atoms with Gasteiger partial charge in [0.25, 0.3) is 0 Å². The predicted octanol–water partition coefficient (Wildman–Crippen LogP) is 2.46. The van der Waals surface area contributed by atoms with Crippen molar-refractivity contribution in [3.63, 3.8) is 0 Å². The van der Waals surface area contributed by atoms with Crippen LogP contribution in [-0.4, -0.2) is 35.6 Å². The first-order valence-corrected chi connectivity index (χ1v) is 6.75. The molecule has 2 aromatic rings. The van der Waals surface area contributed by atoms with Crippen molar-refractivity contribution in [1.29, 1.82) is 0 Å². The third-order valence-electron chi connectivity index (χ3n) is 3.32. The lowest BCUT2D eigenvalue weighted by Gasteiger charge is -2.17. The summed E-state index contributed by atoms with van der Waals surface area (Å²) in [6.45, 7) is 0.605. The number of fused-ring (bicyclic) bond motifs is 1. The number of carbonyl (C=O) groups is 2. The van der Waals surface area contributed by atoms with Crippen LogP contribution in [0.25, 0.3) is 10.8 Å². The summed E-state index contributed by atoms with van der Waals surface area (Å²) in [6, 6.07) is 13.7. The molecule has 0 radical (unpaired) electrons. The molecule has 2 rings (SSSR count). The lowest BCUT2D eigenvalue weighted by Crippen LogP contribution is -2.38. The number of nitrogens with zero attached hydrogens (tertiary/aromatic N) is 1. The van der Waals surface area contributed by atoms with Gasteiger partial charge in [0.2, 0.25) is 0 Å². The van der Waals surface area contributed by atoms with Crippen LogP contribution in [0.4, 0.5) is 4.79 Å². The molecule has 2 N–H and O–H groups in total.